The number of aromatic amines is 2. The molecule has 1 aliphatic rings. The molecule has 1 aliphatic heterocycles. The van der Waals surface area contributed by atoms with Gasteiger partial charge in [-0.25, -0.2) is 0 Å². The molecule has 1 amide bonds. The van der Waals surface area contributed by atoms with Crippen molar-refractivity contribution in [2.24, 2.45) is 0 Å². The minimum Gasteiger partial charge on any atom is -0.338 e. The Bertz CT molecular complexity index is 718. The second-order valence-electron chi connectivity index (χ2n) is 6.05. The van der Waals surface area contributed by atoms with Gasteiger partial charge in [-0.1, -0.05) is 13.8 Å². The molecule has 1 fully saturated rings. The van der Waals surface area contributed by atoms with Crippen molar-refractivity contribution in [2.75, 3.05) is 13.1 Å². The first-order valence-corrected chi connectivity index (χ1v) is 7.58. The van der Waals surface area contributed by atoms with E-state index in [4.69, 9.17) is 0 Å². The summed E-state index contributed by atoms with van der Waals surface area (Å²) in [6.45, 7) is 5.34. The van der Waals surface area contributed by atoms with Crippen molar-refractivity contribution in [3.63, 3.8) is 0 Å². The van der Waals surface area contributed by atoms with Gasteiger partial charge in [0.05, 0.1) is 5.56 Å². The second-order valence-corrected chi connectivity index (χ2v) is 6.05. The molecule has 3 heterocycles. The number of pyridine rings is 1. The Morgan fingerprint density at radius 1 is 1.36 bits per heavy atom. The number of hydrogen-bond donors (Lipinski definition) is 2. The molecule has 0 bridgehead atoms. The molecule has 2 aromatic rings. The highest BCUT2D eigenvalue weighted by Gasteiger charge is 2.30. The van der Waals surface area contributed by atoms with Crippen LogP contribution in [-0.4, -0.2) is 39.1 Å². The average molecular weight is 300 g/mol. The maximum atomic E-state index is 12.8. The van der Waals surface area contributed by atoms with Crippen LogP contribution in [0.15, 0.2) is 29.2 Å². The lowest BCUT2D eigenvalue weighted by Crippen LogP contribution is -2.30. The molecule has 2 aromatic heterocycles. The third kappa shape index (κ3) is 2.68. The van der Waals surface area contributed by atoms with Gasteiger partial charge < -0.3 is 9.88 Å². The fraction of sp³-hybridized carbons (Fsp3) is 0.438. The molecule has 2 N–H and O–H groups in total. The Kier molecular flexibility index (Phi) is 3.83. The Hall–Kier alpha value is -2.37. The predicted octanol–water partition coefficient (Wildman–Crippen LogP) is 1.85. The smallest absolute Gasteiger partial charge is 0.255 e. The molecule has 1 atom stereocenters. The molecular weight excluding hydrogens is 280 g/mol. The molecule has 0 saturated carbocycles. The van der Waals surface area contributed by atoms with Crippen LogP contribution >= 0.6 is 0 Å². The zero-order valence-corrected chi connectivity index (χ0v) is 12.8. The lowest BCUT2D eigenvalue weighted by atomic mass is 10.0. The third-order valence-corrected chi connectivity index (χ3v) is 4.19. The summed E-state index contributed by atoms with van der Waals surface area (Å²) in [6.07, 6.45) is 2.66. The van der Waals surface area contributed by atoms with E-state index in [1.165, 1.54) is 6.07 Å². The van der Waals surface area contributed by atoms with E-state index >= 15 is 0 Å². The van der Waals surface area contributed by atoms with E-state index < -0.39 is 0 Å². The average Bonchev–Trinajstić information content (AvgIpc) is 3.17. The molecule has 1 unspecified atom stereocenters. The molecule has 22 heavy (non-hydrogen) atoms. The number of aromatic nitrogens is 3. The highest BCUT2D eigenvalue weighted by molar-refractivity contribution is 5.95. The third-order valence-electron chi connectivity index (χ3n) is 4.19. The van der Waals surface area contributed by atoms with Gasteiger partial charge in [0.2, 0.25) is 5.56 Å². The van der Waals surface area contributed by atoms with Gasteiger partial charge in [0.1, 0.15) is 0 Å². The normalized spacial score (nSPS) is 18.1. The van der Waals surface area contributed by atoms with Crippen molar-refractivity contribution in [2.45, 2.75) is 32.1 Å². The van der Waals surface area contributed by atoms with Crippen LogP contribution in [0, 0.1) is 0 Å². The van der Waals surface area contributed by atoms with E-state index in [0.29, 0.717) is 23.7 Å². The standard InChI is InChI=1S/C16H20N4O2/c1-10(2)15-12(3-4-14(21)18-15)16(22)20-8-6-11(9-20)13-5-7-17-19-13/h3-5,7,10-11H,6,8-9H2,1-2H3,(H,17,19)(H,18,21). The summed E-state index contributed by atoms with van der Waals surface area (Å²) in [7, 11) is 0. The van der Waals surface area contributed by atoms with Gasteiger partial charge in [-0.2, -0.15) is 5.10 Å². The van der Waals surface area contributed by atoms with Crippen LogP contribution in [0.2, 0.25) is 0 Å². The van der Waals surface area contributed by atoms with E-state index in [1.807, 2.05) is 24.8 Å². The molecule has 0 aliphatic carbocycles. The van der Waals surface area contributed by atoms with Crippen molar-refractivity contribution in [1.29, 1.82) is 0 Å². The number of rotatable bonds is 3. The molecule has 6 nitrogen and oxygen atoms in total. The summed E-state index contributed by atoms with van der Waals surface area (Å²) in [5, 5.41) is 6.95. The maximum Gasteiger partial charge on any atom is 0.255 e. The molecule has 3 rings (SSSR count). The predicted molar refractivity (Wildman–Crippen MR) is 83.0 cm³/mol. The quantitative estimate of drug-likeness (QED) is 0.907. The number of H-pyrrole nitrogens is 2. The number of carbonyl (C=O) groups excluding carboxylic acids is 1. The van der Waals surface area contributed by atoms with Gasteiger partial charge >= 0.3 is 0 Å². The zero-order valence-electron chi connectivity index (χ0n) is 12.8. The molecule has 0 spiro atoms. The fourth-order valence-corrected chi connectivity index (χ4v) is 3.00. The zero-order chi connectivity index (χ0) is 15.7. The Labute approximate surface area is 128 Å². The van der Waals surface area contributed by atoms with Gasteiger partial charge in [-0.05, 0) is 24.5 Å². The second kappa shape index (κ2) is 5.79. The minimum atomic E-state index is -0.169. The van der Waals surface area contributed by atoms with Crippen molar-refractivity contribution in [1.82, 2.24) is 20.1 Å². The van der Waals surface area contributed by atoms with E-state index in [1.54, 1.807) is 12.3 Å². The summed E-state index contributed by atoms with van der Waals surface area (Å²) in [5.41, 5.74) is 2.21. The number of likely N-dealkylation sites (tertiary alicyclic amines) is 1. The molecule has 6 heteroatoms. The van der Waals surface area contributed by atoms with Crippen LogP contribution < -0.4 is 5.56 Å². The minimum absolute atomic E-state index is 0.0121. The molecule has 0 radical (unpaired) electrons. The highest BCUT2D eigenvalue weighted by atomic mass is 16.2. The van der Waals surface area contributed by atoms with Crippen LogP contribution in [0.5, 0.6) is 0 Å². The first-order valence-electron chi connectivity index (χ1n) is 7.58. The van der Waals surface area contributed by atoms with E-state index in [2.05, 4.69) is 15.2 Å². The number of amides is 1. The van der Waals surface area contributed by atoms with Gasteiger partial charge in [-0.3, -0.25) is 14.7 Å². The van der Waals surface area contributed by atoms with Crippen LogP contribution in [0.25, 0.3) is 0 Å². The van der Waals surface area contributed by atoms with Gasteiger partial charge in [0.25, 0.3) is 5.91 Å². The Morgan fingerprint density at radius 3 is 2.86 bits per heavy atom. The monoisotopic (exact) mass is 300 g/mol. The summed E-state index contributed by atoms with van der Waals surface area (Å²) in [6, 6.07) is 5.01. The first kappa shape index (κ1) is 14.6. The molecule has 0 aromatic carbocycles. The molecule has 1 saturated heterocycles. The van der Waals surface area contributed by atoms with Crippen molar-refractivity contribution < 1.29 is 4.79 Å². The first-order chi connectivity index (χ1) is 10.6. The van der Waals surface area contributed by atoms with E-state index in [-0.39, 0.29) is 17.4 Å². The Morgan fingerprint density at radius 2 is 2.18 bits per heavy atom. The van der Waals surface area contributed by atoms with Gasteiger partial charge in [0.15, 0.2) is 0 Å². The number of nitrogens with one attached hydrogen (secondary N) is 2. The Balaban J connectivity index is 1.82. The van der Waals surface area contributed by atoms with E-state index in [0.717, 1.165) is 18.7 Å². The molecule has 116 valence electrons. The van der Waals surface area contributed by atoms with Gasteiger partial charge in [-0.15, -0.1) is 0 Å². The van der Waals surface area contributed by atoms with Crippen LogP contribution in [0.1, 0.15) is 53.8 Å². The topological polar surface area (TPSA) is 81.8 Å². The van der Waals surface area contributed by atoms with E-state index in [9.17, 15) is 9.59 Å². The van der Waals surface area contributed by atoms with Crippen molar-refractivity contribution >= 4 is 5.91 Å². The van der Waals surface area contributed by atoms with Crippen LogP contribution in [-0.2, 0) is 0 Å². The van der Waals surface area contributed by atoms with Crippen LogP contribution in [0.3, 0.4) is 0 Å². The summed E-state index contributed by atoms with van der Waals surface area (Å²) >= 11 is 0. The SMILES string of the molecule is CC(C)c1[nH]c(=O)ccc1C(=O)N1CCC(c2ccn[nH]2)C1. The molecular formula is C16H20N4O2. The number of carbonyl (C=O) groups is 1. The summed E-state index contributed by atoms with van der Waals surface area (Å²) in [4.78, 5) is 28.9. The van der Waals surface area contributed by atoms with Crippen molar-refractivity contribution in [3.8, 4) is 0 Å². The highest BCUT2D eigenvalue weighted by Crippen LogP contribution is 2.27. The van der Waals surface area contributed by atoms with Gasteiger partial charge in [0, 0.05) is 42.7 Å². The number of nitrogens with zero attached hydrogens (tertiary/aromatic N) is 2. The lowest BCUT2D eigenvalue weighted by molar-refractivity contribution is 0.0788. The fourth-order valence-electron chi connectivity index (χ4n) is 3.00. The van der Waals surface area contributed by atoms with Crippen molar-refractivity contribution in [3.05, 3.63) is 51.7 Å². The summed E-state index contributed by atoms with van der Waals surface area (Å²) in [5.74, 6) is 0.387. The lowest BCUT2D eigenvalue weighted by Gasteiger charge is -2.19. The van der Waals surface area contributed by atoms with Crippen LogP contribution in [0.4, 0.5) is 0 Å². The summed E-state index contributed by atoms with van der Waals surface area (Å²) < 4.78 is 0. The number of hydrogen-bond acceptors (Lipinski definition) is 3. The maximum absolute atomic E-state index is 12.8. The largest absolute Gasteiger partial charge is 0.338 e.